The molecule has 0 saturated heterocycles. The van der Waals surface area contributed by atoms with Crippen molar-refractivity contribution in [3.8, 4) is 0 Å². The van der Waals surface area contributed by atoms with E-state index in [1.165, 1.54) is 16.3 Å². The molecule has 1 atom stereocenters. The summed E-state index contributed by atoms with van der Waals surface area (Å²) in [7, 11) is 0. The van der Waals surface area contributed by atoms with E-state index in [2.05, 4.69) is 54.7 Å². The summed E-state index contributed by atoms with van der Waals surface area (Å²) in [5.41, 5.74) is 2.74. The van der Waals surface area contributed by atoms with Crippen LogP contribution in [0.3, 0.4) is 0 Å². The largest absolute Gasteiger partial charge is 0.478 e. The molecule has 25 heavy (non-hydrogen) atoms. The van der Waals surface area contributed by atoms with Crippen LogP contribution in [-0.2, 0) is 6.42 Å². The van der Waals surface area contributed by atoms with Crippen molar-refractivity contribution in [2.75, 3.05) is 6.54 Å². The van der Waals surface area contributed by atoms with Gasteiger partial charge in [-0.25, -0.2) is 4.79 Å². The smallest absolute Gasteiger partial charge is 0.335 e. The molecule has 0 heterocycles. The number of benzene rings is 3. The minimum Gasteiger partial charge on any atom is -0.478 e. The minimum absolute atomic E-state index is 0.274. The first-order valence-corrected chi connectivity index (χ1v) is 8.68. The van der Waals surface area contributed by atoms with Gasteiger partial charge in [0.15, 0.2) is 0 Å². The molecule has 3 nitrogen and oxygen atoms in total. The standard InChI is InChI=1S/C22H23NO2/c1-16(20-13-5-10-18-9-2-3-12-21(18)20)23-14-6-8-17-7-4-11-19(15-17)22(24)25/h2-5,7,9-13,15-16,23H,6,8,14H2,1H3,(H,24,25)/t16-/m1/s1. The van der Waals surface area contributed by atoms with E-state index in [1.807, 2.05) is 12.1 Å². The second kappa shape index (κ2) is 7.95. The van der Waals surface area contributed by atoms with E-state index in [0.717, 1.165) is 24.9 Å². The summed E-state index contributed by atoms with van der Waals surface area (Å²) in [6.45, 7) is 3.08. The van der Waals surface area contributed by atoms with Crippen LogP contribution in [0.25, 0.3) is 10.8 Å². The summed E-state index contributed by atoms with van der Waals surface area (Å²) < 4.78 is 0. The lowest BCUT2D eigenvalue weighted by Gasteiger charge is -2.16. The molecule has 2 N–H and O–H groups in total. The molecule has 0 aromatic heterocycles. The molecule has 0 unspecified atom stereocenters. The maximum Gasteiger partial charge on any atom is 0.335 e. The van der Waals surface area contributed by atoms with Crippen molar-refractivity contribution < 1.29 is 9.90 Å². The zero-order valence-corrected chi connectivity index (χ0v) is 14.4. The predicted octanol–water partition coefficient (Wildman–Crippen LogP) is 4.82. The van der Waals surface area contributed by atoms with E-state index < -0.39 is 5.97 Å². The maximum atomic E-state index is 11.0. The number of hydrogen-bond acceptors (Lipinski definition) is 2. The topological polar surface area (TPSA) is 49.3 Å². The number of fused-ring (bicyclic) bond motifs is 1. The van der Waals surface area contributed by atoms with Crippen LogP contribution in [0, 0.1) is 0 Å². The number of aromatic carboxylic acids is 1. The Labute approximate surface area is 148 Å². The Morgan fingerprint density at radius 3 is 2.64 bits per heavy atom. The fourth-order valence-corrected chi connectivity index (χ4v) is 3.21. The van der Waals surface area contributed by atoms with E-state index >= 15 is 0 Å². The van der Waals surface area contributed by atoms with Crippen molar-refractivity contribution in [2.45, 2.75) is 25.8 Å². The second-order valence-corrected chi connectivity index (χ2v) is 6.35. The number of hydrogen-bond donors (Lipinski definition) is 2. The average molecular weight is 333 g/mol. The van der Waals surface area contributed by atoms with Crippen molar-refractivity contribution in [3.05, 3.63) is 83.4 Å². The highest BCUT2D eigenvalue weighted by atomic mass is 16.4. The highest BCUT2D eigenvalue weighted by molar-refractivity contribution is 5.87. The highest BCUT2D eigenvalue weighted by Gasteiger charge is 2.08. The molecule has 0 fully saturated rings. The third-order valence-corrected chi connectivity index (χ3v) is 4.56. The van der Waals surface area contributed by atoms with Gasteiger partial charge in [0.25, 0.3) is 0 Å². The van der Waals surface area contributed by atoms with Crippen LogP contribution in [0.1, 0.15) is 40.9 Å². The monoisotopic (exact) mass is 333 g/mol. The molecule has 0 bridgehead atoms. The van der Waals surface area contributed by atoms with Gasteiger partial charge in [0, 0.05) is 6.04 Å². The van der Waals surface area contributed by atoms with Gasteiger partial charge in [-0.1, -0.05) is 54.6 Å². The number of carboxylic acids is 1. The van der Waals surface area contributed by atoms with Crippen LogP contribution < -0.4 is 5.32 Å². The third-order valence-electron chi connectivity index (χ3n) is 4.56. The Bertz CT molecular complexity index is 867. The first kappa shape index (κ1) is 17.2. The van der Waals surface area contributed by atoms with E-state index in [0.29, 0.717) is 5.56 Å². The molecule has 0 amide bonds. The number of rotatable bonds is 7. The van der Waals surface area contributed by atoms with Crippen LogP contribution in [0.4, 0.5) is 0 Å². The number of nitrogens with one attached hydrogen (secondary N) is 1. The molecule has 3 aromatic rings. The molecular weight excluding hydrogens is 310 g/mol. The average Bonchev–Trinajstić information content (AvgIpc) is 2.65. The first-order valence-electron chi connectivity index (χ1n) is 8.68. The van der Waals surface area contributed by atoms with Crippen LogP contribution >= 0.6 is 0 Å². The molecule has 0 aliphatic heterocycles. The highest BCUT2D eigenvalue weighted by Crippen LogP contribution is 2.24. The molecule has 3 rings (SSSR count). The normalized spacial score (nSPS) is 12.2. The van der Waals surface area contributed by atoms with Gasteiger partial charge in [-0.2, -0.15) is 0 Å². The molecule has 0 spiro atoms. The zero-order valence-electron chi connectivity index (χ0n) is 14.4. The van der Waals surface area contributed by atoms with Crippen molar-refractivity contribution in [2.24, 2.45) is 0 Å². The zero-order chi connectivity index (χ0) is 17.6. The Morgan fingerprint density at radius 1 is 1.04 bits per heavy atom. The van der Waals surface area contributed by atoms with Gasteiger partial charge in [0.2, 0.25) is 0 Å². The van der Waals surface area contributed by atoms with Crippen molar-refractivity contribution in [1.29, 1.82) is 0 Å². The van der Waals surface area contributed by atoms with E-state index in [4.69, 9.17) is 5.11 Å². The summed E-state index contributed by atoms with van der Waals surface area (Å²) in [5.74, 6) is -0.871. The van der Waals surface area contributed by atoms with Gasteiger partial charge in [-0.3, -0.25) is 0 Å². The molecular formula is C22H23NO2. The van der Waals surface area contributed by atoms with Crippen molar-refractivity contribution in [3.63, 3.8) is 0 Å². The molecule has 128 valence electrons. The van der Waals surface area contributed by atoms with Gasteiger partial charge < -0.3 is 10.4 Å². The van der Waals surface area contributed by atoms with Crippen LogP contribution in [-0.4, -0.2) is 17.6 Å². The van der Waals surface area contributed by atoms with Gasteiger partial charge in [-0.15, -0.1) is 0 Å². The van der Waals surface area contributed by atoms with Gasteiger partial charge >= 0.3 is 5.97 Å². The molecule has 3 aromatic carbocycles. The van der Waals surface area contributed by atoms with Crippen LogP contribution in [0.15, 0.2) is 66.7 Å². The number of carboxylic acid groups (broad SMARTS) is 1. The summed E-state index contributed by atoms with van der Waals surface area (Å²) in [5, 5.41) is 15.2. The lowest BCUT2D eigenvalue weighted by Crippen LogP contribution is -2.20. The Kier molecular flexibility index (Phi) is 5.46. The lowest BCUT2D eigenvalue weighted by molar-refractivity contribution is 0.0696. The summed E-state index contributed by atoms with van der Waals surface area (Å²) in [6, 6.07) is 22.3. The third kappa shape index (κ3) is 4.25. The lowest BCUT2D eigenvalue weighted by atomic mass is 9.99. The SMILES string of the molecule is C[C@@H](NCCCc1cccc(C(=O)O)c1)c1cccc2ccccc12. The van der Waals surface area contributed by atoms with E-state index in [9.17, 15) is 4.79 Å². The number of aryl methyl sites for hydroxylation is 1. The van der Waals surface area contributed by atoms with Crippen molar-refractivity contribution >= 4 is 16.7 Å². The molecule has 0 radical (unpaired) electrons. The first-order chi connectivity index (χ1) is 12.1. The fourth-order valence-electron chi connectivity index (χ4n) is 3.21. The molecule has 0 aliphatic rings. The molecule has 0 aliphatic carbocycles. The van der Waals surface area contributed by atoms with Crippen molar-refractivity contribution in [1.82, 2.24) is 5.32 Å². The van der Waals surface area contributed by atoms with Gasteiger partial charge in [0.1, 0.15) is 0 Å². The fraction of sp³-hybridized carbons (Fsp3) is 0.227. The Balaban J connectivity index is 1.57. The molecule has 0 saturated carbocycles. The number of carbonyl (C=O) groups is 1. The van der Waals surface area contributed by atoms with Crippen LogP contribution in [0.2, 0.25) is 0 Å². The van der Waals surface area contributed by atoms with E-state index in [-0.39, 0.29) is 6.04 Å². The summed E-state index contributed by atoms with van der Waals surface area (Å²) >= 11 is 0. The van der Waals surface area contributed by atoms with E-state index in [1.54, 1.807) is 12.1 Å². The minimum atomic E-state index is -0.871. The van der Waals surface area contributed by atoms with Crippen LogP contribution in [0.5, 0.6) is 0 Å². The second-order valence-electron chi connectivity index (χ2n) is 6.35. The van der Waals surface area contributed by atoms with Gasteiger partial charge in [0.05, 0.1) is 5.56 Å². The summed E-state index contributed by atoms with van der Waals surface area (Å²) in [6.07, 6.45) is 1.84. The Morgan fingerprint density at radius 2 is 1.80 bits per heavy atom. The Hall–Kier alpha value is -2.65. The van der Waals surface area contributed by atoms with Gasteiger partial charge in [-0.05, 0) is 60.3 Å². The molecule has 3 heteroatoms. The maximum absolute atomic E-state index is 11.0. The quantitative estimate of drug-likeness (QED) is 0.609. The summed E-state index contributed by atoms with van der Waals surface area (Å²) in [4.78, 5) is 11.0. The predicted molar refractivity (Wildman–Crippen MR) is 102 cm³/mol.